The van der Waals surface area contributed by atoms with Crippen LogP contribution in [0.1, 0.15) is 6.42 Å². The number of ether oxygens (including phenoxy) is 5. The van der Waals surface area contributed by atoms with Crippen molar-refractivity contribution in [2.45, 2.75) is 12.5 Å². The summed E-state index contributed by atoms with van der Waals surface area (Å²) in [6, 6.07) is -1.42. The highest BCUT2D eigenvalue weighted by Gasteiger charge is 2.38. The largest absolute Gasteiger partial charge is 0.469 e. The summed E-state index contributed by atoms with van der Waals surface area (Å²) in [4.78, 5) is 47.1. The molecule has 0 aromatic rings. The van der Waals surface area contributed by atoms with E-state index in [1.807, 2.05) is 0 Å². The van der Waals surface area contributed by atoms with E-state index in [0.29, 0.717) is 6.61 Å². The number of amides is 1. The summed E-state index contributed by atoms with van der Waals surface area (Å²) in [5.74, 6) is -4.47. The first-order valence-electron chi connectivity index (χ1n) is 6.99. The van der Waals surface area contributed by atoms with Gasteiger partial charge in [-0.3, -0.25) is 14.4 Å². The molecule has 24 heavy (non-hydrogen) atoms. The Bertz CT molecular complexity index is 438. The van der Waals surface area contributed by atoms with Crippen LogP contribution in [0.4, 0.5) is 0 Å². The predicted molar refractivity (Wildman–Crippen MR) is 78.8 cm³/mol. The summed E-state index contributed by atoms with van der Waals surface area (Å²) in [6.45, 7) is 0.110. The highest BCUT2D eigenvalue weighted by molar-refractivity contribution is 5.91. The number of rotatable bonds is 11. The number of nitrogens with one attached hydrogen (secondary N) is 1. The second-order valence-corrected chi connectivity index (χ2v) is 4.52. The Morgan fingerprint density at radius 1 is 0.875 bits per heavy atom. The van der Waals surface area contributed by atoms with Crippen molar-refractivity contribution in [1.82, 2.24) is 5.32 Å². The van der Waals surface area contributed by atoms with Crippen LogP contribution in [-0.4, -0.2) is 78.1 Å². The normalized spacial score (nSPS) is 12.7. The Morgan fingerprint density at radius 2 is 1.50 bits per heavy atom. The monoisotopic (exact) mass is 349 g/mol. The Hall–Kier alpha value is -2.20. The maximum Gasteiger partial charge on any atom is 0.329 e. The fraction of sp³-hybridized carbons (Fsp3) is 0.714. The molecule has 0 spiro atoms. The molecular formula is C14H23NO9. The lowest BCUT2D eigenvalue weighted by Gasteiger charge is -2.23. The molecule has 138 valence electrons. The highest BCUT2D eigenvalue weighted by atomic mass is 16.5. The smallest absolute Gasteiger partial charge is 0.329 e. The fourth-order valence-electron chi connectivity index (χ4n) is 1.72. The molecule has 0 heterocycles. The maximum atomic E-state index is 11.9. The van der Waals surface area contributed by atoms with Crippen molar-refractivity contribution < 1.29 is 42.9 Å². The van der Waals surface area contributed by atoms with Gasteiger partial charge < -0.3 is 29.0 Å². The van der Waals surface area contributed by atoms with E-state index in [1.165, 1.54) is 7.11 Å². The minimum Gasteiger partial charge on any atom is -0.469 e. The number of esters is 3. The molecule has 0 saturated carbocycles. The molecule has 0 bridgehead atoms. The van der Waals surface area contributed by atoms with Crippen molar-refractivity contribution in [2.75, 3.05) is 48.3 Å². The first kappa shape index (κ1) is 21.8. The molecule has 1 N–H and O–H groups in total. The van der Waals surface area contributed by atoms with Crippen molar-refractivity contribution in [1.29, 1.82) is 0 Å². The molecule has 2 atom stereocenters. The fourth-order valence-corrected chi connectivity index (χ4v) is 1.72. The SMILES string of the molecule is COCCOCC(=O)N[C@H](C(=O)OC)[C@@H](CC(=O)OC)C(=O)OC. The van der Waals surface area contributed by atoms with Gasteiger partial charge in [-0.15, -0.1) is 0 Å². The number of hydrogen-bond acceptors (Lipinski definition) is 9. The predicted octanol–water partition coefficient (Wildman–Crippen LogP) is -1.34. The zero-order valence-electron chi connectivity index (χ0n) is 14.2. The molecule has 10 nitrogen and oxygen atoms in total. The topological polar surface area (TPSA) is 126 Å². The molecule has 0 aliphatic rings. The summed E-state index contributed by atoms with van der Waals surface area (Å²) < 4.78 is 23.4. The van der Waals surface area contributed by atoms with Crippen molar-refractivity contribution in [2.24, 2.45) is 5.92 Å². The summed E-state index contributed by atoms with van der Waals surface area (Å²) in [7, 11) is 4.79. The van der Waals surface area contributed by atoms with Crippen molar-refractivity contribution in [3.8, 4) is 0 Å². The third-order valence-electron chi connectivity index (χ3n) is 2.96. The molecule has 0 radical (unpaired) electrons. The first-order chi connectivity index (χ1) is 11.4. The van der Waals surface area contributed by atoms with Gasteiger partial charge in [0.05, 0.1) is 46.9 Å². The summed E-state index contributed by atoms with van der Waals surface area (Å²) >= 11 is 0. The van der Waals surface area contributed by atoms with Crippen LogP contribution >= 0.6 is 0 Å². The van der Waals surface area contributed by atoms with E-state index < -0.39 is 42.2 Å². The van der Waals surface area contributed by atoms with Crippen LogP contribution in [-0.2, 0) is 42.9 Å². The van der Waals surface area contributed by atoms with Gasteiger partial charge in [-0.2, -0.15) is 0 Å². The molecule has 0 aliphatic heterocycles. The van der Waals surface area contributed by atoms with Crippen LogP contribution in [0.5, 0.6) is 0 Å². The maximum absolute atomic E-state index is 11.9. The van der Waals surface area contributed by atoms with Gasteiger partial charge in [0, 0.05) is 7.11 Å². The van der Waals surface area contributed by atoms with Crippen LogP contribution in [0.25, 0.3) is 0 Å². The van der Waals surface area contributed by atoms with E-state index in [-0.39, 0.29) is 13.2 Å². The van der Waals surface area contributed by atoms with Crippen LogP contribution in [0.2, 0.25) is 0 Å². The molecule has 0 fully saturated rings. The average molecular weight is 349 g/mol. The molecule has 10 heteroatoms. The minimum atomic E-state index is -1.42. The minimum absolute atomic E-state index is 0.176. The third kappa shape index (κ3) is 7.88. The molecule has 0 unspecified atom stereocenters. The zero-order valence-corrected chi connectivity index (χ0v) is 14.2. The number of hydrogen-bond donors (Lipinski definition) is 1. The Kier molecular flexibility index (Phi) is 11.1. The van der Waals surface area contributed by atoms with Crippen molar-refractivity contribution in [3.63, 3.8) is 0 Å². The van der Waals surface area contributed by atoms with Gasteiger partial charge in [-0.25, -0.2) is 4.79 Å². The molecule has 0 aromatic heterocycles. The van der Waals surface area contributed by atoms with Gasteiger partial charge in [0.25, 0.3) is 0 Å². The summed E-state index contributed by atoms with van der Waals surface area (Å²) in [6.07, 6.45) is -0.465. The highest BCUT2D eigenvalue weighted by Crippen LogP contribution is 2.14. The Morgan fingerprint density at radius 3 is 2.00 bits per heavy atom. The molecule has 0 aromatic carbocycles. The Labute approximate surface area is 139 Å². The van der Waals surface area contributed by atoms with Gasteiger partial charge in [0.15, 0.2) is 0 Å². The molecule has 0 saturated heterocycles. The van der Waals surface area contributed by atoms with E-state index in [4.69, 9.17) is 9.47 Å². The van der Waals surface area contributed by atoms with Gasteiger partial charge in [-0.05, 0) is 0 Å². The lowest BCUT2D eigenvalue weighted by Crippen LogP contribution is -2.51. The summed E-state index contributed by atoms with van der Waals surface area (Å²) in [5.41, 5.74) is 0. The number of methoxy groups -OCH3 is 4. The van der Waals surface area contributed by atoms with E-state index in [1.54, 1.807) is 0 Å². The van der Waals surface area contributed by atoms with E-state index in [9.17, 15) is 19.2 Å². The van der Waals surface area contributed by atoms with Gasteiger partial charge in [0.1, 0.15) is 12.6 Å². The van der Waals surface area contributed by atoms with E-state index in [2.05, 4.69) is 19.5 Å². The van der Waals surface area contributed by atoms with Crippen LogP contribution in [0.15, 0.2) is 0 Å². The number of carbonyl (C=O) groups is 4. The molecular weight excluding hydrogens is 326 g/mol. The average Bonchev–Trinajstić information content (AvgIpc) is 2.59. The van der Waals surface area contributed by atoms with Crippen LogP contribution in [0.3, 0.4) is 0 Å². The van der Waals surface area contributed by atoms with E-state index >= 15 is 0 Å². The number of carbonyl (C=O) groups excluding carboxylic acids is 4. The molecule has 1 amide bonds. The Balaban J connectivity index is 5.03. The second kappa shape index (κ2) is 12.3. The standard InChI is InChI=1S/C14H23NO9/c1-20-5-6-24-8-10(16)15-12(14(19)23-4)9(13(18)22-3)7-11(17)21-2/h9,12H,5-8H2,1-4H3,(H,15,16)/t9-,12+/m1/s1. The second-order valence-electron chi connectivity index (χ2n) is 4.52. The third-order valence-corrected chi connectivity index (χ3v) is 2.96. The lowest BCUT2D eigenvalue weighted by molar-refractivity contribution is -0.159. The van der Waals surface area contributed by atoms with E-state index in [0.717, 1.165) is 21.3 Å². The molecule has 0 rings (SSSR count). The van der Waals surface area contributed by atoms with Crippen LogP contribution < -0.4 is 5.32 Å². The van der Waals surface area contributed by atoms with Crippen LogP contribution in [0, 0.1) is 5.92 Å². The van der Waals surface area contributed by atoms with Gasteiger partial charge >= 0.3 is 17.9 Å². The van der Waals surface area contributed by atoms with Gasteiger partial charge in [-0.1, -0.05) is 0 Å². The zero-order chi connectivity index (χ0) is 18.5. The van der Waals surface area contributed by atoms with Gasteiger partial charge in [0.2, 0.25) is 5.91 Å². The quantitative estimate of drug-likeness (QED) is 0.274. The van der Waals surface area contributed by atoms with Crippen molar-refractivity contribution in [3.05, 3.63) is 0 Å². The van der Waals surface area contributed by atoms with Crippen molar-refractivity contribution >= 4 is 23.8 Å². The summed E-state index contributed by atoms with van der Waals surface area (Å²) in [5, 5.41) is 2.30. The lowest BCUT2D eigenvalue weighted by atomic mass is 9.96. The first-order valence-corrected chi connectivity index (χ1v) is 6.99. The molecule has 0 aliphatic carbocycles.